The Bertz CT molecular complexity index is 588. The first-order chi connectivity index (χ1) is 20.8. The Labute approximate surface area is 273 Å². The second-order valence-corrected chi connectivity index (χ2v) is 16.2. The number of likely N-dealkylation sites (N-methyl/N-ethyl adjacent to an activating group) is 1. The lowest BCUT2D eigenvalue weighted by atomic mass is 9.94. The quantitative estimate of drug-likeness (QED) is 0.0439. The molecule has 0 aliphatic heterocycles. The summed E-state index contributed by atoms with van der Waals surface area (Å²) in [7, 11) is 6.89. The molecule has 0 saturated heterocycles. The minimum atomic E-state index is -0.539. The predicted molar refractivity (Wildman–Crippen MR) is 194 cm³/mol. The van der Waals surface area contributed by atoms with E-state index >= 15 is 0 Å². The van der Waals surface area contributed by atoms with Crippen LogP contribution in [0.15, 0.2) is 0 Å². The lowest BCUT2D eigenvalue weighted by Crippen LogP contribution is -2.40. The van der Waals surface area contributed by atoms with Gasteiger partial charge < -0.3 is 14.7 Å². The smallest absolute Gasteiger partial charge is 0.142 e. The van der Waals surface area contributed by atoms with Crippen LogP contribution in [0.4, 0.5) is 0 Å². The van der Waals surface area contributed by atoms with Gasteiger partial charge in [-0.05, 0) is 18.8 Å². The number of aliphatic hydroxyl groups is 1. The summed E-state index contributed by atoms with van der Waals surface area (Å²) >= 11 is 0. The van der Waals surface area contributed by atoms with Crippen molar-refractivity contribution in [3.63, 3.8) is 0 Å². The summed E-state index contributed by atoms with van der Waals surface area (Å²) in [6, 6.07) is 0. The van der Waals surface area contributed by atoms with Crippen LogP contribution < -0.4 is 5.11 Å². The van der Waals surface area contributed by atoms with Crippen molar-refractivity contribution >= 4 is 13.7 Å². The van der Waals surface area contributed by atoms with Crippen molar-refractivity contribution in [2.45, 2.75) is 212 Å². The number of rotatable bonds is 34. The van der Waals surface area contributed by atoms with E-state index in [-0.39, 0.29) is 5.92 Å². The average molecular weight is 626 g/mol. The molecule has 0 aliphatic rings. The Kier molecular flexibility index (Phi) is 32.0. The van der Waals surface area contributed by atoms with Gasteiger partial charge in [-0.15, -0.1) is 5.48 Å². The summed E-state index contributed by atoms with van der Waals surface area (Å²) in [5.41, 5.74) is 0.296. The highest BCUT2D eigenvalue weighted by atomic mass is 31.1. The molecule has 0 radical (unpaired) electrons. The third kappa shape index (κ3) is 33.2. The van der Waals surface area contributed by atoms with Crippen LogP contribution in [0.2, 0.25) is 0 Å². The maximum Gasteiger partial charge on any atom is 0.142 e. The van der Waals surface area contributed by atoms with Gasteiger partial charge in [-0.1, -0.05) is 202 Å². The molecule has 0 amide bonds. The maximum atomic E-state index is 13.2. The first-order valence-electron chi connectivity index (χ1n) is 19.5. The van der Waals surface area contributed by atoms with Crippen LogP contribution in [0.3, 0.4) is 0 Å². The fourth-order valence-electron chi connectivity index (χ4n) is 6.34. The van der Waals surface area contributed by atoms with Crippen LogP contribution in [0.5, 0.6) is 0 Å². The minimum absolute atomic E-state index is 0.151. The number of aliphatic hydroxyl groups excluding tert-OH is 1. The highest BCUT2D eigenvalue weighted by Crippen LogP contribution is 2.24. The fraction of sp³-hybridized carbons (Fsp3) is 0.974. The molecule has 3 nitrogen and oxygen atoms in total. The Morgan fingerprint density at radius 1 is 0.488 bits per heavy atom. The van der Waals surface area contributed by atoms with E-state index in [2.05, 4.69) is 35.0 Å². The van der Waals surface area contributed by atoms with Gasteiger partial charge in [0.15, 0.2) is 0 Å². The van der Waals surface area contributed by atoms with E-state index < -0.39 is 5.85 Å². The van der Waals surface area contributed by atoms with Gasteiger partial charge >= 0.3 is 0 Å². The van der Waals surface area contributed by atoms with Crippen LogP contribution in [-0.4, -0.2) is 48.6 Å². The van der Waals surface area contributed by atoms with E-state index in [1.807, 2.05) is 0 Å². The SMILES string of the molecule is CCCCCCCCCCCCCCCCCCC(CCCCCCCCCCCCCC)C([O-])=PC(O)C[N+](C)(C)C. The molecule has 0 bridgehead atoms. The van der Waals surface area contributed by atoms with Crippen LogP contribution in [0.25, 0.3) is 0 Å². The Morgan fingerprint density at radius 3 is 1.00 bits per heavy atom. The van der Waals surface area contributed by atoms with E-state index in [0.717, 1.165) is 12.8 Å². The highest BCUT2D eigenvalue weighted by Gasteiger charge is 2.15. The summed E-state index contributed by atoms with van der Waals surface area (Å²) in [4.78, 5) is 0. The van der Waals surface area contributed by atoms with Crippen molar-refractivity contribution in [3.8, 4) is 0 Å². The maximum absolute atomic E-state index is 13.2. The van der Waals surface area contributed by atoms with Gasteiger partial charge in [-0.25, -0.2) is 0 Å². The normalized spacial score (nSPS) is 14.0. The molecular weight excluding hydrogens is 545 g/mol. The molecule has 43 heavy (non-hydrogen) atoms. The zero-order chi connectivity index (χ0) is 31.9. The average Bonchev–Trinajstić information content (AvgIpc) is 2.95. The molecule has 2 atom stereocenters. The summed E-state index contributed by atoms with van der Waals surface area (Å²) in [5.74, 6) is -0.388. The zero-order valence-corrected chi connectivity index (χ0v) is 31.2. The number of nitrogens with zero attached hydrogens (tertiary/aromatic N) is 1. The van der Waals surface area contributed by atoms with Crippen molar-refractivity contribution < 1.29 is 14.7 Å². The first-order valence-corrected chi connectivity index (χ1v) is 20.5. The second-order valence-electron chi connectivity index (χ2n) is 14.9. The molecule has 0 heterocycles. The van der Waals surface area contributed by atoms with Crippen LogP contribution >= 0.6 is 8.20 Å². The molecule has 0 aromatic rings. The molecule has 2 unspecified atom stereocenters. The Hall–Kier alpha value is 0.0500. The summed E-state index contributed by atoms with van der Waals surface area (Å²) < 4.78 is 0.698. The number of unbranched alkanes of at least 4 members (excludes halogenated alkanes) is 26. The third-order valence-corrected chi connectivity index (χ3v) is 10.2. The number of hydrogen-bond acceptors (Lipinski definition) is 2. The summed E-state index contributed by atoms with van der Waals surface area (Å²) in [6.45, 7) is 5.22. The van der Waals surface area contributed by atoms with Crippen molar-refractivity contribution in [2.75, 3.05) is 27.7 Å². The van der Waals surface area contributed by atoms with Crippen LogP contribution in [0, 0.1) is 5.92 Å². The van der Waals surface area contributed by atoms with E-state index in [1.54, 1.807) is 0 Å². The van der Waals surface area contributed by atoms with Gasteiger partial charge in [0.2, 0.25) is 0 Å². The third-order valence-electron chi connectivity index (χ3n) is 9.15. The van der Waals surface area contributed by atoms with E-state index in [4.69, 9.17) is 0 Å². The molecule has 0 fully saturated rings. The molecule has 0 aromatic carbocycles. The van der Waals surface area contributed by atoms with Crippen molar-refractivity contribution in [1.82, 2.24) is 0 Å². The Balaban J connectivity index is 4.10. The van der Waals surface area contributed by atoms with Gasteiger partial charge in [0.05, 0.1) is 21.1 Å². The predicted octanol–water partition coefficient (Wildman–Crippen LogP) is 11.8. The minimum Gasteiger partial charge on any atom is -0.827 e. The standard InChI is InChI=1S/C39H80NO2P/c1-6-8-10-12-14-16-18-20-21-22-23-25-27-29-31-33-35-37(39(42)43-38(41)36-40(3,4)5)34-32-30-28-26-24-19-17-15-13-11-9-7-2/h37-38,41H,6-36H2,1-5H3. The molecular formula is C39H80NO2P. The molecule has 1 N–H and O–H groups in total. The van der Waals surface area contributed by atoms with E-state index in [9.17, 15) is 10.2 Å². The highest BCUT2D eigenvalue weighted by molar-refractivity contribution is 7.40. The number of hydrogen-bond donors (Lipinski definition) is 1. The van der Waals surface area contributed by atoms with E-state index in [0.29, 0.717) is 24.7 Å². The van der Waals surface area contributed by atoms with E-state index in [1.165, 1.54) is 180 Å². The summed E-state index contributed by atoms with van der Waals surface area (Å²) in [6.07, 6.45) is 40.5. The molecule has 0 rings (SSSR count). The zero-order valence-electron chi connectivity index (χ0n) is 30.3. The number of quaternary nitrogens is 1. The van der Waals surface area contributed by atoms with Gasteiger partial charge in [0.1, 0.15) is 12.4 Å². The largest absolute Gasteiger partial charge is 0.827 e. The monoisotopic (exact) mass is 626 g/mol. The van der Waals surface area contributed by atoms with Gasteiger partial charge in [-0.2, -0.15) is 0 Å². The molecule has 0 spiro atoms. The van der Waals surface area contributed by atoms with Gasteiger partial charge in [0, 0.05) is 0 Å². The van der Waals surface area contributed by atoms with Crippen molar-refractivity contribution in [3.05, 3.63) is 0 Å². The second kappa shape index (κ2) is 32.0. The topological polar surface area (TPSA) is 43.3 Å². The van der Waals surface area contributed by atoms with Crippen LogP contribution in [-0.2, 0) is 0 Å². The summed E-state index contributed by atoms with van der Waals surface area (Å²) in [5, 5.41) is 23.7. The van der Waals surface area contributed by atoms with Gasteiger partial charge in [-0.3, -0.25) is 0 Å². The Morgan fingerprint density at radius 2 is 0.744 bits per heavy atom. The molecule has 4 heteroatoms. The van der Waals surface area contributed by atoms with Gasteiger partial charge in [0.25, 0.3) is 0 Å². The molecule has 258 valence electrons. The van der Waals surface area contributed by atoms with Crippen LogP contribution in [0.1, 0.15) is 206 Å². The first kappa shape index (κ1) is 43.0. The molecule has 0 aromatic heterocycles. The van der Waals surface area contributed by atoms with Crippen molar-refractivity contribution in [1.29, 1.82) is 0 Å². The van der Waals surface area contributed by atoms with Crippen molar-refractivity contribution in [2.24, 2.45) is 5.92 Å². The molecule has 0 aliphatic carbocycles. The fourth-order valence-corrected chi connectivity index (χ4v) is 7.68. The lowest BCUT2D eigenvalue weighted by Gasteiger charge is -2.29. The lowest BCUT2D eigenvalue weighted by molar-refractivity contribution is -0.871. The molecule has 0 saturated carbocycles.